The van der Waals surface area contributed by atoms with E-state index in [0.717, 1.165) is 25.5 Å². The van der Waals surface area contributed by atoms with E-state index in [4.69, 9.17) is 4.74 Å². The van der Waals surface area contributed by atoms with Gasteiger partial charge < -0.3 is 10.1 Å². The second-order valence-corrected chi connectivity index (χ2v) is 5.16. The van der Waals surface area contributed by atoms with Gasteiger partial charge in [-0.1, -0.05) is 15.9 Å². The largest absolute Gasteiger partial charge is 0.491 e. The van der Waals surface area contributed by atoms with Crippen LogP contribution in [0.25, 0.3) is 0 Å². The van der Waals surface area contributed by atoms with Gasteiger partial charge in [0.25, 0.3) is 0 Å². The van der Waals surface area contributed by atoms with Crippen molar-refractivity contribution in [1.82, 2.24) is 5.32 Å². The number of alkyl halides is 3. The topological polar surface area (TPSA) is 21.3 Å². The van der Waals surface area contributed by atoms with Crippen molar-refractivity contribution in [1.29, 1.82) is 0 Å². The zero-order valence-electron chi connectivity index (χ0n) is 9.56. The summed E-state index contributed by atoms with van der Waals surface area (Å²) in [5, 5.41) is 3.18. The highest BCUT2D eigenvalue weighted by atomic mass is 79.9. The van der Waals surface area contributed by atoms with E-state index in [-0.39, 0.29) is 18.4 Å². The fourth-order valence-corrected chi connectivity index (χ4v) is 2.28. The maximum absolute atomic E-state index is 12.8. The fourth-order valence-electron chi connectivity index (χ4n) is 1.94. The summed E-state index contributed by atoms with van der Waals surface area (Å²) >= 11 is 3.15. The Kier molecular flexibility index (Phi) is 4.17. The van der Waals surface area contributed by atoms with Crippen LogP contribution in [0.15, 0.2) is 22.7 Å². The van der Waals surface area contributed by atoms with Crippen LogP contribution in [0.5, 0.6) is 5.75 Å². The second-order valence-electron chi connectivity index (χ2n) is 4.24. The van der Waals surface area contributed by atoms with E-state index >= 15 is 0 Å². The van der Waals surface area contributed by atoms with E-state index in [0.29, 0.717) is 4.47 Å². The van der Waals surface area contributed by atoms with Gasteiger partial charge in [-0.05, 0) is 37.6 Å². The zero-order chi connectivity index (χ0) is 13.2. The summed E-state index contributed by atoms with van der Waals surface area (Å²) < 4.78 is 44.2. The molecule has 1 atom stereocenters. The molecule has 0 aromatic heterocycles. The standard InChI is InChI=1S/C12H13BrF3NO/c13-8-3-4-10(12(14,15)16)11(6-8)18-7-9-2-1-5-17-9/h3-4,6,9,17H,1-2,5,7H2. The molecule has 0 bridgehead atoms. The smallest absolute Gasteiger partial charge is 0.419 e. The van der Waals surface area contributed by atoms with Gasteiger partial charge in [0.1, 0.15) is 12.4 Å². The fraction of sp³-hybridized carbons (Fsp3) is 0.500. The van der Waals surface area contributed by atoms with E-state index in [1.807, 2.05) is 0 Å². The molecule has 1 saturated heterocycles. The molecule has 1 N–H and O–H groups in total. The third-order valence-electron chi connectivity index (χ3n) is 2.85. The van der Waals surface area contributed by atoms with Crippen LogP contribution in [0.2, 0.25) is 0 Å². The monoisotopic (exact) mass is 323 g/mol. The lowest BCUT2D eigenvalue weighted by Gasteiger charge is -2.16. The third kappa shape index (κ3) is 3.38. The zero-order valence-corrected chi connectivity index (χ0v) is 11.1. The Labute approximate surface area is 112 Å². The third-order valence-corrected chi connectivity index (χ3v) is 3.34. The first kappa shape index (κ1) is 13.7. The Balaban J connectivity index is 2.12. The molecular formula is C12H13BrF3NO. The minimum absolute atomic E-state index is 0.120. The Hall–Kier alpha value is -0.750. The van der Waals surface area contributed by atoms with Gasteiger partial charge in [0.15, 0.2) is 0 Å². The first-order valence-corrected chi connectivity index (χ1v) is 6.49. The summed E-state index contributed by atoms with van der Waals surface area (Å²) in [5.41, 5.74) is -0.733. The highest BCUT2D eigenvalue weighted by Gasteiger charge is 2.34. The first-order valence-electron chi connectivity index (χ1n) is 5.70. The molecule has 1 aromatic rings. The molecule has 0 radical (unpaired) electrons. The molecule has 1 aromatic carbocycles. The molecule has 1 aliphatic rings. The molecule has 0 saturated carbocycles. The number of hydrogen-bond acceptors (Lipinski definition) is 2. The van der Waals surface area contributed by atoms with Crippen molar-refractivity contribution in [2.45, 2.75) is 25.1 Å². The van der Waals surface area contributed by atoms with Gasteiger partial charge in [0.2, 0.25) is 0 Å². The van der Waals surface area contributed by atoms with Crippen LogP contribution in [-0.2, 0) is 6.18 Å². The summed E-state index contributed by atoms with van der Waals surface area (Å²) in [6, 6.07) is 3.90. The summed E-state index contributed by atoms with van der Waals surface area (Å²) in [5.74, 6) is -0.120. The van der Waals surface area contributed by atoms with Crippen LogP contribution in [-0.4, -0.2) is 19.2 Å². The first-order chi connectivity index (χ1) is 8.47. The van der Waals surface area contributed by atoms with E-state index in [2.05, 4.69) is 21.2 Å². The van der Waals surface area contributed by atoms with E-state index in [1.54, 1.807) is 0 Å². The van der Waals surface area contributed by atoms with Gasteiger partial charge in [0.05, 0.1) is 5.56 Å². The Bertz CT molecular complexity index is 416. The lowest BCUT2D eigenvalue weighted by atomic mass is 10.2. The average molecular weight is 324 g/mol. The van der Waals surface area contributed by atoms with Crippen molar-refractivity contribution >= 4 is 15.9 Å². The van der Waals surface area contributed by atoms with Crippen molar-refractivity contribution in [3.8, 4) is 5.75 Å². The maximum Gasteiger partial charge on any atom is 0.419 e. The molecule has 0 aliphatic carbocycles. The van der Waals surface area contributed by atoms with Crippen LogP contribution in [0.1, 0.15) is 18.4 Å². The molecule has 6 heteroatoms. The Morgan fingerprint density at radius 1 is 1.39 bits per heavy atom. The minimum atomic E-state index is -4.39. The van der Waals surface area contributed by atoms with Crippen molar-refractivity contribution in [2.75, 3.05) is 13.2 Å². The van der Waals surface area contributed by atoms with Crippen LogP contribution in [0.3, 0.4) is 0 Å². The van der Waals surface area contributed by atoms with Gasteiger partial charge in [-0.15, -0.1) is 0 Å². The molecule has 18 heavy (non-hydrogen) atoms. The van der Waals surface area contributed by atoms with Gasteiger partial charge in [0, 0.05) is 10.5 Å². The van der Waals surface area contributed by atoms with Crippen LogP contribution < -0.4 is 10.1 Å². The molecule has 1 aliphatic heterocycles. The van der Waals surface area contributed by atoms with Gasteiger partial charge in [-0.2, -0.15) is 13.2 Å². The maximum atomic E-state index is 12.8. The van der Waals surface area contributed by atoms with Crippen molar-refractivity contribution < 1.29 is 17.9 Å². The lowest BCUT2D eigenvalue weighted by molar-refractivity contribution is -0.139. The van der Waals surface area contributed by atoms with Crippen molar-refractivity contribution in [3.05, 3.63) is 28.2 Å². The average Bonchev–Trinajstić information content (AvgIpc) is 2.77. The van der Waals surface area contributed by atoms with Gasteiger partial charge in [-0.3, -0.25) is 0 Å². The number of rotatable bonds is 3. The van der Waals surface area contributed by atoms with Crippen molar-refractivity contribution in [2.24, 2.45) is 0 Å². The molecule has 2 rings (SSSR count). The second kappa shape index (κ2) is 5.48. The number of benzene rings is 1. The van der Waals surface area contributed by atoms with Gasteiger partial charge in [-0.25, -0.2) is 0 Å². The quantitative estimate of drug-likeness (QED) is 0.917. The highest BCUT2D eigenvalue weighted by Crippen LogP contribution is 2.37. The Morgan fingerprint density at radius 3 is 2.78 bits per heavy atom. The molecule has 1 heterocycles. The molecular weight excluding hydrogens is 311 g/mol. The lowest BCUT2D eigenvalue weighted by Crippen LogP contribution is -2.28. The molecule has 1 fully saturated rings. The van der Waals surface area contributed by atoms with E-state index < -0.39 is 11.7 Å². The van der Waals surface area contributed by atoms with Crippen molar-refractivity contribution in [3.63, 3.8) is 0 Å². The van der Waals surface area contributed by atoms with E-state index in [9.17, 15) is 13.2 Å². The summed E-state index contributed by atoms with van der Waals surface area (Å²) in [6.07, 6.45) is -2.41. The molecule has 0 spiro atoms. The Morgan fingerprint density at radius 2 is 2.17 bits per heavy atom. The SMILES string of the molecule is FC(F)(F)c1ccc(Br)cc1OCC1CCCN1. The minimum Gasteiger partial charge on any atom is -0.491 e. The molecule has 100 valence electrons. The molecule has 0 amide bonds. The molecule has 1 unspecified atom stereocenters. The molecule has 2 nitrogen and oxygen atoms in total. The van der Waals surface area contributed by atoms with E-state index in [1.165, 1.54) is 12.1 Å². The van der Waals surface area contributed by atoms with Gasteiger partial charge >= 0.3 is 6.18 Å². The normalized spacial score (nSPS) is 20.1. The van der Waals surface area contributed by atoms with Crippen LogP contribution in [0.4, 0.5) is 13.2 Å². The van der Waals surface area contributed by atoms with Crippen LogP contribution >= 0.6 is 15.9 Å². The summed E-state index contributed by atoms with van der Waals surface area (Å²) in [7, 11) is 0. The predicted octanol–water partition coefficient (Wildman–Crippen LogP) is 3.60. The number of halogens is 4. The van der Waals surface area contributed by atoms with Crippen LogP contribution in [0, 0.1) is 0 Å². The highest BCUT2D eigenvalue weighted by molar-refractivity contribution is 9.10. The summed E-state index contributed by atoms with van der Waals surface area (Å²) in [6.45, 7) is 1.16. The summed E-state index contributed by atoms with van der Waals surface area (Å²) in [4.78, 5) is 0. The predicted molar refractivity (Wildman–Crippen MR) is 65.7 cm³/mol. The number of ether oxygens (including phenoxy) is 1. The number of hydrogen-bond donors (Lipinski definition) is 1. The number of nitrogens with one attached hydrogen (secondary N) is 1.